The number of carboxylic acids is 1. The van der Waals surface area contributed by atoms with Crippen LogP contribution in [0.2, 0.25) is 0 Å². The van der Waals surface area contributed by atoms with E-state index >= 15 is 0 Å². The summed E-state index contributed by atoms with van der Waals surface area (Å²) in [6.07, 6.45) is 2.43. The molecule has 3 nitrogen and oxygen atoms in total. The van der Waals surface area contributed by atoms with Crippen LogP contribution in [0.1, 0.15) is 49.2 Å². The molecule has 0 bridgehead atoms. The Morgan fingerprint density at radius 2 is 2.27 bits per heavy atom. The molecule has 0 amide bonds. The second kappa shape index (κ2) is 3.93. The summed E-state index contributed by atoms with van der Waals surface area (Å²) >= 11 is 1.61. The van der Waals surface area contributed by atoms with Gasteiger partial charge in [0.25, 0.3) is 0 Å². The van der Waals surface area contributed by atoms with Gasteiger partial charge in [0.1, 0.15) is 5.92 Å². The Morgan fingerprint density at radius 1 is 1.60 bits per heavy atom. The molecule has 15 heavy (non-hydrogen) atoms. The van der Waals surface area contributed by atoms with Crippen molar-refractivity contribution < 1.29 is 9.90 Å². The van der Waals surface area contributed by atoms with E-state index < -0.39 is 11.9 Å². The summed E-state index contributed by atoms with van der Waals surface area (Å²) in [7, 11) is 0. The van der Waals surface area contributed by atoms with E-state index in [1.165, 1.54) is 12.8 Å². The van der Waals surface area contributed by atoms with Crippen molar-refractivity contribution in [2.75, 3.05) is 0 Å². The Bertz CT molecular complexity index is 368. The summed E-state index contributed by atoms with van der Waals surface area (Å²) in [4.78, 5) is 15.6. The van der Waals surface area contributed by atoms with Crippen molar-refractivity contribution in [2.24, 2.45) is 5.92 Å². The van der Waals surface area contributed by atoms with E-state index in [2.05, 4.69) is 4.98 Å². The smallest absolute Gasteiger partial charge is 0.312 e. The van der Waals surface area contributed by atoms with E-state index in [-0.39, 0.29) is 5.92 Å². The molecule has 0 aromatic carbocycles. The molecule has 0 spiro atoms. The standard InChI is InChI=1S/C11H15NO2S/c1-6(2)9(11(13)14)8-5-15-10(12-8)7-3-4-7/h5-7,9H,3-4H2,1-2H3,(H,13,14). The van der Waals surface area contributed by atoms with Crippen molar-refractivity contribution in [1.82, 2.24) is 4.98 Å². The summed E-state index contributed by atoms with van der Waals surface area (Å²) in [6, 6.07) is 0. The van der Waals surface area contributed by atoms with Crippen molar-refractivity contribution in [2.45, 2.75) is 38.5 Å². The highest BCUT2D eigenvalue weighted by atomic mass is 32.1. The van der Waals surface area contributed by atoms with Crippen LogP contribution in [0.25, 0.3) is 0 Å². The van der Waals surface area contributed by atoms with Gasteiger partial charge in [-0.25, -0.2) is 4.98 Å². The predicted molar refractivity (Wildman–Crippen MR) is 59.3 cm³/mol. The maximum absolute atomic E-state index is 11.1. The summed E-state index contributed by atoms with van der Waals surface area (Å²) in [5, 5.41) is 12.2. The molecule has 2 rings (SSSR count). The number of hydrogen-bond donors (Lipinski definition) is 1. The lowest BCUT2D eigenvalue weighted by Gasteiger charge is -2.13. The number of rotatable bonds is 4. The summed E-state index contributed by atoms with van der Waals surface area (Å²) in [6.45, 7) is 3.85. The molecule has 0 saturated heterocycles. The fraction of sp³-hybridized carbons (Fsp3) is 0.636. The molecule has 1 aromatic rings. The molecule has 1 aliphatic rings. The van der Waals surface area contributed by atoms with Crippen LogP contribution >= 0.6 is 11.3 Å². The molecule has 0 aliphatic heterocycles. The van der Waals surface area contributed by atoms with E-state index in [9.17, 15) is 4.79 Å². The number of hydrogen-bond acceptors (Lipinski definition) is 3. The van der Waals surface area contributed by atoms with Gasteiger partial charge in [-0.15, -0.1) is 11.3 Å². The highest BCUT2D eigenvalue weighted by Gasteiger charge is 2.30. The van der Waals surface area contributed by atoms with E-state index in [0.29, 0.717) is 5.92 Å². The molecule has 1 atom stereocenters. The molecule has 1 aliphatic carbocycles. The van der Waals surface area contributed by atoms with Gasteiger partial charge >= 0.3 is 5.97 Å². The van der Waals surface area contributed by atoms with Crippen molar-refractivity contribution in [3.05, 3.63) is 16.1 Å². The van der Waals surface area contributed by atoms with Crippen LogP contribution in [0, 0.1) is 5.92 Å². The lowest BCUT2D eigenvalue weighted by Crippen LogP contribution is -2.17. The lowest BCUT2D eigenvalue weighted by atomic mass is 9.93. The second-order valence-electron chi connectivity index (χ2n) is 4.44. The zero-order valence-electron chi connectivity index (χ0n) is 8.93. The number of thiazole rings is 1. The third kappa shape index (κ3) is 2.20. The molecule has 1 N–H and O–H groups in total. The van der Waals surface area contributed by atoms with Crippen LogP contribution < -0.4 is 0 Å². The van der Waals surface area contributed by atoms with E-state index in [4.69, 9.17) is 5.11 Å². The highest BCUT2D eigenvalue weighted by molar-refractivity contribution is 7.09. The molecule has 1 heterocycles. The average Bonchev–Trinajstić information content (AvgIpc) is 2.87. The summed E-state index contributed by atoms with van der Waals surface area (Å²) in [5.41, 5.74) is 0.740. The Kier molecular flexibility index (Phi) is 2.78. The maximum atomic E-state index is 11.1. The van der Waals surface area contributed by atoms with Crippen LogP contribution in [0.15, 0.2) is 5.38 Å². The minimum atomic E-state index is -0.766. The van der Waals surface area contributed by atoms with Gasteiger partial charge in [0.15, 0.2) is 0 Å². The molecule has 82 valence electrons. The third-order valence-electron chi connectivity index (χ3n) is 2.72. The first-order valence-corrected chi connectivity index (χ1v) is 6.15. The first-order chi connectivity index (χ1) is 7.09. The Morgan fingerprint density at radius 3 is 2.73 bits per heavy atom. The minimum Gasteiger partial charge on any atom is -0.481 e. The molecule has 1 saturated carbocycles. The third-order valence-corrected chi connectivity index (χ3v) is 3.74. The lowest BCUT2D eigenvalue weighted by molar-refractivity contribution is -0.139. The van der Waals surface area contributed by atoms with Gasteiger partial charge in [0.05, 0.1) is 10.7 Å². The monoisotopic (exact) mass is 225 g/mol. The van der Waals surface area contributed by atoms with Crippen LogP contribution in [0.4, 0.5) is 0 Å². The average molecular weight is 225 g/mol. The number of aliphatic carboxylic acids is 1. The first-order valence-electron chi connectivity index (χ1n) is 5.27. The zero-order chi connectivity index (χ0) is 11.0. The Labute approximate surface area is 93.2 Å². The molecule has 4 heteroatoms. The molecule has 1 aromatic heterocycles. The largest absolute Gasteiger partial charge is 0.481 e. The summed E-state index contributed by atoms with van der Waals surface area (Å²) in [5.74, 6) is -0.506. The predicted octanol–water partition coefficient (Wildman–Crippen LogP) is 2.84. The number of carbonyl (C=O) groups is 1. The van der Waals surface area contributed by atoms with Crippen molar-refractivity contribution in [3.8, 4) is 0 Å². The maximum Gasteiger partial charge on any atom is 0.312 e. The number of aromatic nitrogens is 1. The molecule has 1 fully saturated rings. The van der Waals surface area contributed by atoms with Gasteiger partial charge in [0, 0.05) is 11.3 Å². The second-order valence-corrected chi connectivity index (χ2v) is 5.33. The van der Waals surface area contributed by atoms with Crippen molar-refractivity contribution >= 4 is 17.3 Å². The normalized spacial score (nSPS) is 18.1. The van der Waals surface area contributed by atoms with E-state index in [1.807, 2.05) is 19.2 Å². The van der Waals surface area contributed by atoms with Crippen molar-refractivity contribution in [3.63, 3.8) is 0 Å². The first kappa shape index (κ1) is 10.6. The fourth-order valence-electron chi connectivity index (χ4n) is 1.71. The van der Waals surface area contributed by atoms with Crippen LogP contribution in [0.5, 0.6) is 0 Å². The van der Waals surface area contributed by atoms with Crippen molar-refractivity contribution in [1.29, 1.82) is 0 Å². The van der Waals surface area contributed by atoms with Gasteiger partial charge in [0.2, 0.25) is 0 Å². The molecule has 1 unspecified atom stereocenters. The van der Waals surface area contributed by atoms with Gasteiger partial charge in [-0.05, 0) is 18.8 Å². The Hall–Kier alpha value is -0.900. The molecule has 0 radical (unpaired) electrons. The summed E-state index contributed by atoms with van der Waals surface area (Å²) < 4.78 is 0. The molecular formula is C11H15NO2S. The zero-order valence-corrected chi connectivity index (χ0v) is 9.75. The van der Waals surface area contributed by atoms with E-state index in [1.54, 1.807) is 11.3 Å². The highest BCUT2D eigenvalue weighted by Crippen LogP contribution is 2.42. The van der Waals surface area contributed by atoms with E-state index in [0.717, 1.165) is 10.7 Å². The fourth-order valence-corrected chi connectivity index (χ4v) is 2.74. The van der Waals surface area contributed by atoms with Gasteiger partial charge in [-0.3, -0.25) is 4.79 Å². The Balaban J connectivity index is 2.21. The SMILES string of the molecule is CC(C)C(C(=O)O)c1csc(C2CC2)n1. The van der Waals surface area contributed by atoms with Crippen LogP contribution in [0.3, 0.4) is 0 Å². The van der Waals surface area contributed by atoms with Crippen LogP contribution in [-0.2, 0) is 4.79 Å². The molecular weight excluding hydrogens is 210 g/mol. The number of carboxylic acid groups (broad SMARTS) is 1. The van der Waals surface area contributed by atoms with Gasteiger partial charge in [-0.1, -0.05) is 13.8 Å². The topological polar surface area (TPSA) is 50.2 Å². The van der Waals surface area contributed by atoms with Gasteiger partial charge in [-0.2, -0.15) is 0 Å². The number of nitrogens with zero attached hydrogens (tertiary/aromatic N) is 1. The van der Waals surface area contributed by atoms with Gasteiger partial charge < -0.3 is 5.11 Å². The minimum absolute atomic E-state index is 0.0941. The van der Waals surface area contributed by atoms with Crippen LogP contribution in [-0.4, -0.2) is 16.1 Å². The quantitative estimate of drug-likeness (QED) is 0.857.